The summed E-state index contributed by atoms with van der Waals surface area (Å²) in [6.07, 6.45) is 1.83. The Kier molecular flexibility index (Phi) is 11.0. The maximum atomic E-state index is 12.4. The third-order valence-corrected chi connectivity index (χ3v) is 7.37. The van der Waals surface area contributed by atoms with Gasteiger partial charge in [0.25, 0.3) is 0 Å². The number of H-pyrrole nitrogens is 1. The van der Waals surface area contributed by atoms with Crippen LogP contribution in [0.15, 0.2) is 41.2 Å². The molecule has 2 aromatic carbocycles. The fourth-order valence-electron chi connectivity index (χ4n) is 4.17. The number of nitrogens with zero attached hydrogens (tertiary/aromatic N) is 1. The molecule has 5 N–H and O–H groups in total. The molecule has 8 nitrogen and oxygen atoms in total. The van der Waals surface area contributed by atoms with Crippen molar-refractivity contribution in [2.75, 3.05) is 45.9 Å². The number of rotatable bonds is 15. The molecule has 0 fully saturated rings. The second kappa shape index (κ2) is 13.9. The van der Waals surface area contributed by atoms with Crippen molar-refractivity contribution in [3.05, 3.63) is 62.2 Å². The van der Waals surface area contributed by atoms with Crippen molar-refractivity contribution in [3.63, 3.8) is 0 Å². The summed E-state index contributed by atoms with van der Waals surface area (Å²) in [5.41, 5.74) is 2.32. The summed E-state index contributed by atoms with van der Waals surface area (Å²) in [5.74, 6) is 0.0873. The molecule has 3 aromatic rings. The first kappa shape index (κ1) is 29.1. The summed E-state index contributed by atoms with van der Waals surface area (Å²) in [4.78, 5) is 28.9. The second-order valence-corrected chi connectivity index (χ2v) is 11.5. The number of hydrogen-bond donors (Lipinski definition) is 5. The summed E-state index contributed by atoms with van der Waals surface area (Å²) in [6.45, 7) is 8.11. The van der Waals surface area contributed by atoms with E-state index in [4.69, 9.17) is 11.6 Å². The van der Waals surface area contributed by atoms with Crippen LogP contribution in [0.2, 0.25) is 5.02 Å². The van der Waals surface area contributed by atoms with Crippen LogP contribution in [0.5, 0.6) is 5.75 Å². The van der Waals surface area contributed by atoms with E-state index < -0.39 is 0 Å². The molecule has 3 rings (SSSR count). The number of phenolic OH excluding ortho intramolecular Hbond substituents is 1. The Morgan fingerprint density at radius 3 is 2.70 bits per heavy atom. The number of benzene rings is 2. The van der Waals surface area contributed by atoms with Crippen molar-refractivity contribution < 1.29 is 15.0 Å². The third-order valence-electron chi connectivity index (χ3n) is 6.17. The molecule has 1 heterocycles. The maximum Gasteiger partial charge on any atom is 0.305 e. The maximum absolute atomic E-state index is 12.4. The van der Waals surface area contributed by atoms with Gasteiger partial charge in [0.1, 0.15) is 11.3 Å². The molecule has 0 radical (unpaired) electrons. The van der Waals surface area contributed by atoms with E-state index in [2.05, 4.69) is 20.5 Å². The number of aromatic nitrogens is 1. The minimum Gasteiger partial charge on any atom is -0.506 e. The number of phenols is 1. The van der Waals surface area contributed by atoms with Crippen LogP contribution in [-0.2, 0) is 17.6 Å². The Bertz CT molecular complexity index is 1230. The molecule has 0 bridgehead atoms. The molecule has 202 valence electrons. The molecule has 1 amide bonds. The average molecular weight is 549 g/mol. The monoisotopic (exact) mass is 548 g/mol. The SMILES string of the molecule is CC(C)(CO)CN(CCNCCc1ccc(O)c2[nH]c(=O)sc12)CCC(=O)NCCc1cccc(Cl)c1. The minimum absolute atomic E-state index is 0.00336. The normalized spacial score (nSPS) is 11.9. The molecule has 37 heavy (non-hydrogen) atoms. The number of aliphatic hydroxyl groups is 1. The van der Waals surface area contributed by atoms with E-state index >= 15 is 0 Å². The first-order valence-corrected chi connectivity index (χ1v) is 13.7. The minimum atomic E-state index is -0.271. The highest BCUT2D eigenvalue weighted by Gasteiger charge is 2.21. The first-order valence-electron chi connectivity index (χ1n) is 12.6. The van der Waals surface area contributed by atoms with Gasteiger partial charge in [-0.3, -0.25) is 9.59 Å². The van der Waals surface area contributed by atoms with E-state index in [0.29, 0.717) is 43.1 Å². The summed E-state index contributed by atoms with van der Waals surface area (Å²) in [6, 6.07) is 11.1. The smallest absolute Gasteiger partial charge is 0.305 e. The van der Waals surface area contributed by atoms with Crippen LogP contribution >= 0.6 is 22.9 Å². The topological polar surface area (TPSA) is 118 Å². The van der Waals surface area contributed by atoms with Gasteiger partial charge in [0.05, 0.1) is 4.70 Å². The lowest BCUT2D eigenvalue weighted by Crippen LogP contribution is -2.42. The van der Waals surface area contributed by atoms with Crippen LogP contribution in [0.25, 0.3) is 10.2 Å². The molecule has 0 saturated heterocycles. The van der Waals surface area contributed by atoms with Gasteiger partial charge >= 0.3 is 4.87 Å². The Morgan fingerprint density at radius 1 is 1.14 bits per heavy atom. The second-order valence-electron chi connectivity index (χ2n) is 10.0. The number of carbonyl (C=O) groups is 1. The molecule has 1 aromatic heterocycles. The van der Waals surface area contributed by atoms with Crippen LogP contribution in [0, 0.1) is 5.41 Å². The summed E-state index contributed by atoms with van der Waals surface area (Å²) < 4.78 is 0.791. The predicted molar refractivity (Wildman–Crippen MR) is 151 cm³/mol. The molecular formula is C27H37ClN4O4S. The van der Waals surface area contributed by atoms with Gasteiger partial charge in [-0.15, -0.1) is 0 Å². The van der Waals surface area contributed by atoms with E-state index in [1.807, 2.05) is 44.2 Å². The average Bonchev–Trinajstić information content (AvgIpc) is 3.26. The number of amides is 1. The summed E-state index contributed by atoms with van der Waals surface area (Å²) in [5, 5.41) is 26.8. The van der Waals surface area contributed by atoms with Gasteiger partial charge in [-0.1, -0.05) is 55.0 Å². The Hall–Kier alpha value is -2.43. The molecular weight excluding hydrogens is 512 g/mol. The number of aliphatic hydroxyl groups excluding tert-OH is 1. The van der Waals surface area contributed by atoms with Gasteiger partial charge in [0.2, 0.25) is 5.91 Å². The van der Waals surface area contributed by atoms with Gasteiger partial charge in [0.15, 0.2) is 0 Å². The number of carbonyl (C=O) groups excluding carboxylic acids is 1. The number of halogens is 1. The molecule has 0 aliphatic carbocycles. The van der Waals surface area contributed by atoms with E-state index in [1.54, 1.807) is 6.07 Å². The van der Waals surface area contributed by atoms with E-state index in [1.165, 1.54) is 0 Å². The quantitative estimate of drug-likeness (QED) is 0.186. The molecule has 10 heteroatoms. The highest BCUT2D eigenvalue weighted by Crippen LogP contribution is 2.27. The molecule has 0 unspecified atom stereocenters. The lowest BCUT2D eigenvalue weighted by Gasteiger charge is -2.31. The van der Waals surface area contributed by atoms with E-state index in [0.717, 1.165) is 53.1 Å². The highest BCUT2D eigenvalue weighted by atomic mass is 35.5. The Balaban J connectivity index is 1.43. The lowest BCUT2D eigenvalue weighted by molar-refractivity contribution is -0.121. The first-order chi connectivity index (χ1) is 17.7. The zero-order valence-corrected chi connectivity index (χ0v) is 23.1. The van der Waals surface area contributed by atoms with E-state index in [9.17, 15) is 19.8 Å². The van der Waals surface area contributed by atoms with Crippen molar-refractivity contribution in [1.29, 1.82) is 0 Å². The largest absolute Gasteiger partial charge is 0.506 e. The molecule has 0 atom stereocenters. The van der Waals surface area contributed by atoms with Crippen LogP contribution in [0.4, 0.5) is 0 Å². The number of thiazole rings is 1. The zero-order valence-electron chi connectivity index (χ0n) is 21.5. The van der Waals surface area contributed by atoms with Crippen LogP contribution in [0.1, 0.15) is 31.4 Å². The lowest BCUT2D eigenvalue weighted by atomic mass is 9.94. The van der Waals surface area contributed by atoms with Gasteiger partial charge in [0, 0.05) is 56.2 Å². The fourth-order valence-corrected chi connectivity index (χ4v) is 5.28. The number of nitrogens with one attached hydrogen (secondary N) is 3. The molecule has 0 saturated carbocycles. The highest BCUT2D eigenvalue weighted by molar-refractivity contribution is 7.16. The Morgan fingerprint density at radius 2 is 1.95 bits per heavy atom. The van der Waals surface area contributed by atoms with Crippen molar-refractivity contribution in [2.24, 2.45) is 5.41 Å². The van der Waals surface area contributed by atoms with E-state index in [-0.39, 0.29) is 28.6 Å². The van der Waals surface area contributed by atoms with Crippen molar-refractivity contribution >= 4 is 39.1 Å². The number of hydrogen-bond acceptors (Lipinski definition) is 7. The number of aromatic amines is 1. The number of fused-ring (bicyclic) bond motifs is 1. The molecule has 0 aliphatic rings. The van der Waals surface area contributed by atoms with Gasteiger partial charge in [-0.2, -0.15) is 0 Å². The van der Waals surface area contributed by atoms with Gasteiger partial charge < -0.3 is 30.7 Å². The Labute approximate surface area is 226 Å². The summed E-state index contributed by atoms with van der Waals surface area (Å²) >= 11 is 7.13. The zero-order chi connectivity index (χ0) is 26.8. The van der Waals surface area contributed by atoms with Crippen molar-refractivity contribution in [2.45, 2.75) is 33.1 Å². The van der Waals surface area contributed by atoms with Crippen molar-refractivity contribution in [1.82, 2.24) is 20.5 Å². The van der Waals surface area contributed by atoms with Gasteiger partial charge in [-0.25, -0.2) is 0 Å². The molecule has 0 spiro atoms. The fraction of sp³-hybridized carbons (Fsp3) is 0.481. The van der Waals surface area contributed by atoms with Gasteiger partial charge in [-0.05, 0) is 48.7 Å². The van der Waals surface area contributed by atoms with Crippen molar-refractivity contribution in [3.8, 4) is 5.75 Å². The third kappa shape index (κ3) is 9.43. The van der Waals surface area contributed by atoms with Crippen LogP contribution in [-0.4, -0.2) is 71.9 Å². The number of aromatic hydroxyl groups is 1. The standard InChI is InChI=1S/C27H37ClN4O4S/c1-27(2,18-33)17-32(14-10-23(35)30-12-8-19-4-3-5-21(28)16-19)15-13-29-11-9-20-6-7-22(34)24-25(20)37-26(36)31-24/h3-7,16,29,33-34H,8-15,17-18H2,1-2H3,(H,30,35)(H,31,36). The van der Waals surface area contributed by atoms with Crippen LogP contribution in [0.3, 0.4) is 0 Å². The molecule has 0 aliphatic heterocycles. The predicted octanol–water partition coefficient (Wildman–Crippen LogP) is 3.15. The van der Waals surface area contributed by atoms with Crippen LogP contribution < -0.4 is 15.5 Å². The summed E-state index contributed by atoms with van der Waals surface area (Å²) in [7, 11) is 0.